The molecule has 0 saturated heterocycles. The van der Waals surface area contributed by atoms with Crippen molar-refractivity contribution < 1.29 is 8.95 Å². The number of alkyl halides is 1. The van der Waals surface area contributed by atoms with Crippen molar-refractivity contribution in [2.45, 2.75) is 24.6 Å². The van der Waals surface area contributed by atoms with Crippen molar-refractivity contribution >= 4 is 33.4 Å². The molecule has 0 fully saturated rings. The van der Waals surface area contributed by atoms with Crippen molar-refractivity contribution in [2.75, 3.05) is 13.4 Å². The Morgan fingerprint density at radius 3 is 2.84 bits per heavy atom. The number of ether oxygens (including phenoxy) is 1. The Hall–Kier alpha value is -1.07. The minimum absolute atomic E-state index is 0.0569. The first-order chi connectivity index (χ1) is 9.06. The fourth-order valence-corrected chi connectivity index (χ4v) is 2.52. The van der Waals surface area contributed by atoms with Gasteiger partial charge in [0.2, 0.25) is 0 Å². The molecule has 0 aliphatic rings. The summed E-state index contributed by atoms with van der Waals surface area (Å²) in [7, 11) is 0.757. The van der Waals surface area contributed by atoms with Gasteiger partial charge < -0.3 is 9.30 Å². The van der Waals surface area contributed by atoms with Gasteiger partial charge >= 0.3 is 0 Å². The van der Waals surface area contributed by atoms with Gasteiger partial charge in [-0.2, -0.15) is 0 Å². The molecule has 0 N–H and O–H groups in total. The maximum absolute atomic E-state index is 11.5. The van der Waals surface area contributed by atoms with Crippen molar-refractivity contribution in [2.24, 2.45) is 0 Å². The molecule has 0 amide bonds. The zero-order valence-electron chi connectivity index (χ0n) is 11.2. The number of nitrogens with zero attached hydrogens (tertiary/aromatic N) is 2. The summed E-state index contributed by atoms with van der Waals surface area (Å²) in [5, 5.41) is 0.0569. The van der Waals surface area contributed by atoms with Gasteiger partial charge in [0.1, 0.15) is 11.6 Å². The van der Waals surface area contributed by atoms with Gasteiger partial charge in [0.15, 0.2) is 0 Å². The van der Waals surface area contributed by atoms with Crippen LogP contribution in [0.15, 0.2) is 18.2 Å². The van der Waals surface area contributed by atoms with Crippen LogP contribution in [0.1, 0.15) is 12.7 Å². The lowest BCUT2D eigenvalue weighted by atomic mass is 10.3. The highest BCUT2D eigenvalue weighted by Gasteiger charge is 2.15. The first kappa shape index (κ1) is 14.3. The van der Waals surface area contributed by atoms with Gasteiger partial charge in [-0.3, -0.25) is 4.21 Å². The second kappa shape index (κ2) is 5.92. The Balaban J connectivity index is 2.48. The smallest absolute Gasteiger partial charge is 0.124 e. The molecule has 19 heavy (non-hydrogen) atoms. The molecule has 0 radical (unpaired) electrons. The Morgan fingerprint density at radius 1 is 1.53 bits per heavy atom. The van der Waals surface area contributed by atoms with Crippen molar-refractivity contribution in [1.82, 2.24) is 9.55 Å². The first-order valence-electron chi connectivity index (χ1n) is 5.98. The molecule has 0 bridgehead atoms. The summed E-state index contributed by atoms with van der Waals surface area (Å²) in [6.07, 6.45) is 1.72. The van der Waals surface area contributed by atoms with E-state index in [0.29, 0.717) is 12.4 Å². The van der Waals surface area contributed by atoms with Crippen LogP contribution < -0.4 is 4.74 Å². The molecule has 2 aromatic rings. The Bertz CT molecular complexity index is 612. The lowest BCUT2D eigenvalue weighted by Crippen LogP contribution is -2.18. The van der Waals surface area contributed by atoms with Gasteiger partial charge in [0, 0.05) is 34.9 Å². The van der Waals surface area contributed by atoms with Gasteiger partial charge in [-0.25, -0.2) is 4.98 Å². The van der Waals surface area contributed by atoms with Crippen LogP contribution in [0.3, 0.4) is 0 Å². The summed E-state index contributed by atoms with van der Waals surface area (Å²) >= 11 is 5.95. The van der Waals surface area contributed by atoms with E-state index in [0.717, 1.165) is 22.6 Å². The summed E-state index contributed by atoms with van der Waals surface area (Å²) in [5.74, 6) is 1.90. The lowest BCUT2D eigenvalue weighted by molar-refractivity contribution is 0.415. The maximum Gasteiger partial charge on any atom is 0.124 e. The van der Waals surface area contributed by atoms with E-state index in [2.05, 4.69) is 4.98 Å². The van der Waals surface area contributed by atoms with Gasteiger partial charge in [-0.1, -0.05) is 0 Å². The molecule has 0 aliphatic heterocycles. The minimum Gasteiger partial charge on any atom is -0.497 e. The Kier molecular flexibility index (Phi) is 4.47. The quantitative estimate of drug-likeness (QED) is 0.797. The van der Waals surface area contributed by atoms with E-state index in [9.17, 15) is 4.21 Å². The number of hydrogen-bond acceptors (Lipinski definition) is 3. The Morgan fingerprint density at radius 2 is 2.26 bits per heavy atom. The number of benzene rings is 1. The van der Waals surface area contributed by atoms with E-state index in [4.69, 9.17) is 16.3 Å². The Labute approximate surface area is 120 Å². The minimum atomic E-state index is -0.870. The maximum atomic E-state index is 11.5. The van der Waals surface area contributed by atoms with Crippen LogP contribution in [0, 0.1) is 0 Å². The van der Waals surface area contributed by atoms with Gasteiger partial charge in [0.05, 0.1) is 24.0 Å². The van der Waals surface area contributed by atoms with Crippen LogP contribution in [-0.4, -0.2) is 32.4 Å². The third-order valence-corrected chi connectivity index (χ3v) is 4.68. The van der Waals surface area contributed by atoms with Crippen LogP contribution in [0.2, 0.25) is 0 Å². The van der Waals surface area contributed by atoms with Gasteiger partial charge in [-0.05, 0) is 19.1 Å². The third-order valence-electron chi connectivity index (χ3n) is 3.16. The molecule has 2 unspecified atom stereocenters. The molecule has 0 saturated carbocycles. The molecule has 1 heterocycles. The second-order valence-electron chi connectivity index (χ2n) is 4.44. The molecule has 2 atom stereocenters. The summed E-state index contributed by atoms with van der Waals surface area (Å²) < 4.78 is 18.8. The van der Waals surface area contributed by atoms with E-state index >= 15 is 0 Å². The normalized spacial score (nSPS) is 14.5. The molecule has 4 nitrogen and oxygen atoms in total. The van der Waals surface area contributed by atoms with E-state index in [-0.39, 0.29) is 5.25 Å². The molecular formula is C13H17ClN2O2S. The highest BCUT2D eigenvalue weighted by atomic mass is 35.5. The third kappa shape index (κ3) is 2.92. The number of aromatic nitrogens is 2. The number of rotatable bonds is 5. The molecule has 6 heteroatoms. The predicted octanol–water partition coefficient (Wildman–Crippen LogP) is 2.55. The summed E-state index contributed by atoms with van der Waals surface area (Å²) in [6.45, 7) is 2.61. The van der Waals surface area contributed by atoms with E-state index in [1.807, 2.05) is 29.7 Å². The average Bonchev–Trinajstić information content (AvgIpc) is 2.75. The molecule has 0 spiro atoms. The van der Waals surface area contributed by atoms with Crippen LogP contribution in [0.25, 0.3) is 11.0 Å². The molecule has 0 aliphatic carbocycles. The monoisotopic (exact) mass is 300 g/mol. The highest BCUT2D eigenvalue weighted by Crippen LogP contribution is 2.23. The predicted molar refractivity (Wildman–Crippen MR) is 79.4 cm³/mol. The number of methoxy groups -OCH3 is 1. The largest absolute Gasteiger partial charge is 0.497 e. The fourth-order valence-electron chi connectivity index (χ4n) is 1.95. The number of fused-ring (bicyclic) bond motifs is 1. The highest BCUT2D eigenvalue weighted by molar-refractivity contribution is 7.84. The van der Waals surface area contributed by atoms with Crippen molar-refractivity contribution in [3.8, 4) is 5.75 Å². The van der Waals surface area contributed by atoms with Crippen LogP contribution in [-0.2, 0) is 23.2 Å². The van der Waals surface area contributed by atoms with Gasteiger partial charge in [0.25, 0.3) is 0 Å². The molecule has 104 valence electrons. The summed E-state index contributed by atoms with van der Waals surface area (Å²) in [6, 6.07) is 5.74. The second-order valence-corrected chi connectivity index (χ2v) is 6.51. The molecule has 2 rings (SSSR count). The molecular weight excluding hydrogens is 284 g/mol. The fraction of sp³-hybridized carbons (Fsp3) is 0.462. The number of halogens is 1. The SMILES string of the molecule is COc1ccc2c(c1)nc(CCl)n2CC(C)S(C)=O. The molecule has 1 aromatic carbocycles. The van der Waals surface area contributed by atoms with Crippen molar-refractivity contribution in [1.29, 1.82) is 0 Å². The van der Waals surface area contributed by atoms with Crippen LogP contribution in [0.4, 0.5) is 0 Å². The molecule has 1 aromatic heterocycles. The zero-order chi connectivity index (χ0) is 14.0. The average molecular weight is 301 g/mol. The lowest BCUT2D eigenvalue weighted by Gasteiger charge is -2.12. The van der Waals surface area contributed by atoms with Crippen LogP contribution in [0.5, 0.6) is 5.75 Å². The van der Waals surface area contributed by atoms with Crippen LogP contribution >= 0.6 is 11.6 Å². The topological polar surface area (TPSA) is 44.1 Å². The van der Waals surface area contributed by atoms with E-state index in [1.165, 1.54) is 0 Å². The number of imidazole rings is 1. The zero-order valence-corrected chi connectivity index (χ0v) is 12.8. The standard InChI is InChI=1S/C13H17ClN2O2S/c1-9(19(3)17)8-16-12-5-4-10(18-2)6-11(12)15-13(16)7-14/h4-6,9H,7-8H2,1-3H3. The summed E-state index contributed by atoms with van der Waals surface area (Å²) in [5.41, 5.74) is 1.85. The van der Waals surface area contributed by atoms with Gasteiger partial charge in [-0.15, -0.1) is 11.6 Å². The van der Waals surface area contributed by atoms with E-state index < -0.39 is 10.8 Å². The van der Waals surface area contributed by atoms with Crippen molar-refractivity contribution in [3.63, 3.8) is 0 Å². The van der Waals surface area contributed by atoms with E-state index in [1.54, 1.807) is 13.4 Å². The first-order valence-corrected chi connectivity index (χ1v) is 8.13. The number of hydrogen-bond donors (Lipinski definition) is 0. The van der Waals surface area contributed by atoms with Crippen molar-refractivity contribution in [3.05, 3.63) is 24.0 Å². The summed E-state index contributed by atoms with van der Waals surface area (Å²) in [4.78, 5) is 4.50.